The fourth-order valence-corrected chi connectivity index (χ4v) is 3.28. The molecule has 1 N–H and O–H groups in total. The van der Waals surface area contributed by atoms with Gasteiger partial charge in [-0.25, -0.2) is 4.98 Å². The van der Waals surface area contributed by atoms with Gasteiger partial charge >= 0.3 is 0 Å². The van der Waals surface area contributed by atoms with E-state index < -0.39 is 5.60 Å². The van der Waals surface area contributed by atoms with Crippen molar-refractivity contribution >= 4 is 38.6 Å². The molecule has 0 radical (unpaired) electrons. The minimum Gasteiger partial charge on any atom is -0.497 e. The molecule has 6 nitrogen and oxygen atoms in total. The number of rotatable bonds is 6. The van der Waals surface area contributed by atoms with Crippen molar-refractivity contribution in [3.63, 3.8) is 0 Å². The van der Waals surface area contributed by atoms with Crippen LogP contribution in [0.2, 0.25) is 0 Å². The van der Waals surface area contributed by atoms with Crippen LogP contribution in [0.1, 0.15) is 13.8 Å². The molecular formula is C24H21BrN2O4. The summed E-state index contributed by atoms with van der Waals surface area (Å²) in [6.45, 7) is 3.45. The summed E-state index contributed by atoms with van der Waals surface area (Å²) in [6.07, 6.45) is 0. The van der Waals surface area contributed by atoms with Gasteiger partial charge in [0.1, 0.15) is 17.0 Å². The van der Waals surface area contributed by atoms with Crippen molar-refractivity contribution in [3.05, 3.63) is 71.2 Å². The van der Waals surface area contributed by atoms with E-state index in [2.05, 4.69) is 26.2 Å². The van der Waals surface area contributed by atoms with Crippen LogP contribution >= 0.6 is 15.9 Å². The summed E-state index contributed by atoms with van der Waals surface area (Å²) < 4.78 is 17.9. The Balaban J connectivity index is 1.52. The summed E-state index contributed by atoms with van der Waals surface area (Å²) in [5, 5.41) is 2.91. The highest BCUT2D eigenvalue weighted by atomic mass is 79.9. The molecule has 0 saturated heterocycles. The zero-order valence-electron chi connectivity index (χ0n) is 17.3. The lowest BCUT2D eigenvalue weighted by molar-refractivity contribution is -0.128. The topological polar surface area (TPSA) is 73.6 Å². The Bertz CT molecular complexity index is 1230. The lowest BCUT2D eigenvalue weighted by Gasteiger charge is -2.25. The molecule has 4 aromatic rings. The normalized spacial score (nSPS) is 11.4. The number of anilines is 1. The van der Waals surface area contributed by atoms with Gasteiger partial charge in [0.05, 0.1) is 7.11 Å². The van der Waals surface area contributed by atoms with E-state index in [1.165, 1.54) is 0 Å². The zero-order valence-corrected chi connectivity index (χ0v) is 18.9. The van der Waals surface area contributed by atoms with Gasteiger partial charge in [-0.2, -0.15) is 0 Å². The molecule has 0 aliphatic rings. The van der Waals surface area contributed by atoms with E-state index in [0.29, 0.717) is 34.2 Å². The largest absolute Gasteiger partial charge is 0.497 e. The molecule has 0 bridgehead atoms. The average molecular weight is 481 g/mol. The molecular weight excluding hydrogens is 460 g/mol. The third-order valence-corrected chi connectivity index (χ3v) is 5.22. The first-order valence-electron chi connectivity index (χ1n) is 9.65. The summed E-state index contributed by atoms with van der Waals surface area (Å²) in [4.78, 5) is 17.4. The number of carbonyl (C=O) groups is 1. The molecule has 0 aliphatic heterocycles. The fourth-order valence-electron chi connectivity index (χ4n) is 3.01. The van der Waals surface area contributed by atoms with Crippen LogP contribution in [0.25, 0.3) is 22.6 Å². The van der Waals surface area contributed by atoms with Gasteiger partial charge in [0.25, 0.3) is 5.91 Å². The highest BCUT2D eigenvalue weighted by molar-refractivity contribution is 9.10. The van der Waals surface area contributed by atoms with Crippen LogP contribution in [0.5, 0.6) is 11.5 Å². The number of hydrogen-bond acceptors (Lipinski definition) is 5. The first-order valence-corrected chi connectivity index (χ1v) is 10.4. The summed E-state index contributed by atoms with van der Waals surface area (Å²) >= 11 is 3.39. The van der Waals surface area contributed by atoms with E-state index in [-0.39, 0.29) is 5.91 Å². The second-order valence-electron chi connectivity index (χ2n) is 7.45. The van der Waals surface area contributed by atoms with Crippen LogP contribution < -0.4 is 14.8 Å². The minimum atomic E-state index is -1.07. The molecule has 0 atom stereocenters. The Hall–Kier alpha value is -3.32. The number of ether oxygens (including phenoxy) is 2. The number of hydrogen-bond donors (Lipinski definition) is 1. The molecule has 3 aromatic carbocycles. The number of nitrogens with one attached hydrogen (secondary N) is 1. The molecule has 7 heteroatoms. The Morgan fingerprint density at radius 2 is 1.77 bits per heavy atom. The lowest BCUT2D eigenvalue weighted by Crippen LogP contribution is -2.42. The van der Waals surface area contributed by atoms with E-state index in [0.717, 1.165) is 10.0 Å². The van der Waals surface area contributed by atoms with Crippen molar-refractivity contribution < 1.29 is 18.7 Å². The molecule has 158 valence electrons. The fraction of sp³-hybridized carbons (Fsp3) is 0.167. The highest BCUT2D eigenvalue weighted by Gasteiger charge is 2.30. The molecule has 0 saturated carbocycles. The van der Waals surface area contributed by atoms with Crippen molar-refractivity contribution in [2.45, 2.75) is 19.4 Å². The van der Waals surface area contributed by atoms with Crippen LogP contribution in [-0.4, -0.2) is 23.6 Å². The Labute approximate surface area is 188 Å². The molecule has 4 rings (SSSR count). The number of halogens is 1. The number of amides is 1. The molecule has 1 heterocycles. The third-order valence-electron chi connectivity index (χ3n) is 4.70. The van der Waals surface area contributed by atoms with Gasteiger partial charge in [0, 0.05) is 21.8 Å². The van der Waals surface area contributed by atoms with Gasteiger partial charge in [-0.15, -0.1) is 0 Å². The van der Waals surface area contributed by atoms with Gasteiger partial charge in [-0.05, 0) is 68.4 Å². The average Bonchev–Trinajstić information content (AvgIpc) is 3.19. The maximum absolute atomic E-state index is 12.9. The second kappa shape index (κ2) is 8.43. The number of methoxy groups -OCH3 is 1. The molecule has 1 amide bonds. The van der Waals surface area contributed by atoms with Crippen LogP contribution in [0.3, 0.4) is 0 Å². The zero-order chi connectivity index (χ0) is 22.0. The molecule has 1 aromatic heterocycles. The lowest BCUT2D eigenvalue weighted by atomic mass is 10.1. The van der Waals surface area contributed by atoms with E-state index in [1.807, 2.05) is 66.7 Å². The Kier molecular flexibility index (Phi) is 5.69. The maximum Gasteiger partial charge on any atom is 0.267 e. The SMILES string of the molecule is COc1ccc2oc(-c3cccc(NC(=O)C(C)(C)Oc4ccc(Br)cc4)c3)nc2c1. The third kappa shape index (κ3) is 4.72. The predicted molar refractivity (Wildman–Crippen MR) is 123 cm³/mol. The van der Waals surface area contributed by atoms with E-state index in [1.54, 1.807) is 21.0 Å². The first kappa shape index (κ1) is 20.9. The molecule has 0 unspecified atom stereocenters. The maximum atomic E-state index is 12.9. The van der Waals surface area contributed by atoms with Crippen molar-refractivity contribution in [1.29, 1.82) is 0 Å². The van der Waals surface area contributed by atoms with Crippen LogP contribution in [0, 0.1) is 0 Å². The Morgan fingerprint density at radius 3 is 2.52 bits per heavy atom. The van der Waals surface area contributed by atoms with E-state index >= 15 is 0 Å². The van der Waals surface area contributed by atoms with Crippen molar-refractivity contribution in [1.82, 2.24) is 4.98 Å². The summed E-state index contributed by atoms with van der Waals surface area (Å²) in [6, 6.07) is 20.1. The number of nitrogens with zero attached hydrogens (tertiary/aromatic N) is 1. The van der Waals surface area contributed by atoms with Gasteiger partial charge in [-0.1, -0.05) is 22.0 Å². The number of fused-ring (bicyclic) bond motifs is 1. The van der Waals surface area contributed by atoms with Crippen LogP contribution in [0.15, 0.2) is 75.6 Å². The quantitative estimate of drug-likeness (QED) is 0.362. The number of oxazole rings is 1. The van der Waals surface area contributed by atoms with E-state index in [9.17, 15) is 4.79 Å². The van der Waals surface area contributed by atoms with Gasteiger partial charge in [0.2, 0.25) is 5.89 Å². The van der Waals surface area contributed by atoms with Gasteiger partial charge in [0.15, 0.2) is 11.2 Å². The highest BCUT2D eigenvalue weighted by Crippen LogP contribution is 2.29. The molecule has 31 heavy (non-hydrogen) atoms. The van der Waals surface area contributed by atoms with Gasteiger partial charge < -0.3 is 19.2 Å². The molecule has 0 spiro atoms. The summed E-state index contributed by atoms with van der Waals surface area (Å²) in [5.74, 6) is 1.51. The van der Waals surface area contributed by atoms with E-state index in [4.69, 9.17) is 13.9 Å². The number of carbonyl (C=O) groups excluding carboxylic acids is 1. The molecule has 0 fully saturated rings. The smallest absolute Gasteiger partial charge is 0.267 e. The summed E-state index contributed by atoms with van der Waals surface area (Å²) in [5.41, 5.74) is 1.66. The second-order valence-corrected chi connectivity index (χ2v) is 8.37. The van der Waals surface area contributed by atoms with Crippen molar-refractivity contribution in [2.75, 3.05) is 12.4 Å². The number of aromatic nitrogens is 1. The first-order chi connectivity index (χ1) is 14.8. The minimum absolute atomic E-state index is 0.269. The monoisotopic (exact) mass is 480 g/mol. The molecule has 0 aliphatic carbocycles. The Morgan fingerprint density at radius 1 is 1.03 bits per heavy atom. The predicted octanol–water partition coefficient (Wildman–Crippen LogP) is 6.06. The summed E-state index contributed by atoms with van der Waals surface area (Å²) in [7, 11) is 1.61. The standard InChI is InChI=1S/C24H21BrN2O4/c1-24(2,31-18-9-7-16(25)8-10-18)23(28)26-17-6-4-5-15(13-17)22-27-20-14-19(29-3)11-12-21(20)30-22/h4-14H,1-3H3,(H,26,28). The van der Waals surface area contributed by atoms with Gasteiger partial charge in [-0.3, -0.25) is 4.79 Å². The van der Waals surface area contributed by atoms with Crippen LogP contribution in [-0.2, 0) is 4.79 Å². The van der Waals surface area contributed by atoms with Crippen molar-refractivity contribution in [3.8, 4) is 23.0 Å². The number of benzene rings is 3. The van der Waals surface area contributed by atoms with Crippen LogP contribution in [0.4, 0.5) is 5.69 Å². The van der Waals surface area contributed by atoms with Crippen molar-refractivity contribution in [2.24, 2.45) is 0 Å².